The van der Waals surface area contributed by atoms with E-state index in [4.69, 9.17) is 14.2 Å². The van der Waals surface area contributed by atoms with Gasteiger partial charge in [0.05, 0.1) is 11.1 Å². The predicted octanol–water partition coefficient (Wildman–Crippen LogP) is 7.23. The van der Waals surface area contributed by atoms with E-state index in [1.54, 1.807) is 0 Å². The van der Waals surface area contributed by atoms with Gasteiger partial charge in [-0.05, 0) is 36.6 Å². The van der Waals surface area contributed by atoms with Crippen LogP contribution in [-0.4, -0.2) is 27.3 Å². The minimum absolute atomic E-state index is 0.103. The molecule has 0 heterocycles. The second-order valence-corrected chi connectivity index (χ2v) is 7.59. The molecule has 0 radical (unpaired) electrons. The molecule has 0 aromatic heterocycles. The topological polar surface area (TPSA) is 27.7 Å². The lowest BCUT2D eigenvalue weighted by molar-refractivity contribution is -0.379. The Kier molecular flexibility index (Phi) is 10.8. The number of rotatable bonds is 13. The highest BCUT2D eigenvalue weighted by atomic mass is 19.4. The molecule has 180 valence electrons. The molecule has 0 spiro atoms. The highest BCUT2D eigenvalue weighted by Crippen LogP contribution is 2.38. The van der Waals surface area contributed by atoms with Gasteiger partial charge in [-0.3, -0.25) is 0 Å². The van der Waals surface area contributed by atoms with E-state index in [2.05, 4.69) is 6.92 Å². The van der Waals surface area contributed by atoms with Crippen molar-refractivity contribution >= 4 is 0 Å². The molecule has 3 nitrogen and oxygen atoms in total. The van der Waals surface area contributed by atoms with Gasteiger partial charge in [-0.1, -0.05) is 45.4 Å². The summed E-state index contributed by atoms with van der Waals surface area (Å²) in [7, 11) is 3.98. The molecule has 0 aliphatic heterocycles. The molecule has 0 fully saturated rings. The Hall–Kier alpha value is -1.32. The van der Waals surface area contributed by atoms with Gasteiger partial charge >= 0.3 is 12.4 Å². The van der Waals surface area contributed by atoms with Crippen LogP contribution < -0.4 is 0 Å². The molecule has 0 bridgehead atoms. The summed E-state index contributed by atoms with van der Waals surface area (Å²) in [6.45, 7) is 2.10. The minimum Gasteiger partial charge on any atom is -0.331 e. The lowest BCUT2D eigenvalue weighted by Crippen LogP contribution is -2.45. The fourth-order valence-corrected chi connectivity index (χ4v) is 3.75. The lowest BCUT2D eigenvalue weighted by atomic mass is 9.89. The molecule has 31 heavy (non-hydrogen) atoms. The van der Waals surface area contributed by atoms with E-state index in [1.807, 2.05) is 0 Å². The Morgan fingerprint density at radius 3 is 1.58 bits per heavy atom. The van der Waals surface area contributed by atoms with Gasteiger partial charge in [0.2, 0.25) is 0 Å². The third kappa shape index (κ3) is 8.27. The van der Waals surface area contributed by atoms with Crippen LogP contribution in [-0.2, 0) is 33.0 Å². The number of hydrogen-bond acceptors (Lipinski definition) is 3. The number of methoxy groups -OCH3 is 3. The van der Waals surface area contributed by atoms with E-state index in [0.717, 1.165) is 50.7 Å². The van der Waals surface area contributed by atoms with Crippen molar-refractivity contribution in [2.75, 3.05) is 21.3 Å². The molecule has 1 unspecified atom stereocenters. The van der Waals surface area contributed by atoms with Crippen LogP contribution in [0.4, 0.5) is 26.3 Å². The van der Waals surface area contributed by atoms with Crippen LogP contribution in [0, 0.1) is 5.92 Å². The van der Waals surface area contributed by atoms with Crippen molar-refractivity contribution in [3.63, 3.8) is 0 Å². The first kappa shape index (κ1) is 27.7. The van der Waals surface area contributed by atoms with E-state index in [1.165, 1.54) is 21.3 Å². The first-order chi connectivity index (χ1) is 14.4. The summed E-state index contributed by atoms with van der Waals surface area (Å²) in [6, 6.07) is 1.62. The van der Waals surface area contributed by atoms with Gasteiger partial charge in [0.15, 0.2) is 0 Å². The molecule has 0 saturated carbocycles. The quantitative estimate of drug-likeness (QED) is 0.177. The second-order valence-electron chi connectivity index (χ2n) is 7.59. The minimum atomic E-state index is -4.90. The van der Waals surface area contributed by atoms with Crippen molar-refractivity contribution in [1.29, 1.82) is 0 Å². The molecule has 1 aromatic rings. The highest BCUT2D eigenvalue weighted by Gasteiger charge is 2.41. The number of benzene rings is 1. The third-order valence-electron chi connectivity index (χ3n) is 5.39. The zero-order chi connectivity index (χ0) is 23.7. The standard InChI is InChI=1S/C22H32F6O3/c1-5-6-7-8-9-10-11-17(22(29-2,30-3)31-4)12-16-13-18(20(23,24)25)15-19(14-16)21(26,27)28/h13-15,17H,5-12H2,1-4H3. The molecule has 0 amide bonds. The number of hydrogen-bond donors (Lipinski definition) is 0. The van der Waals surface area contributed by atoms with Gasteiger partial charge in [-0.2, -0.15) is 26.3 Å². The molecular weight excluding hydrogens is 426 g/mol. The summed E-state index contributed by atoms with van der Waals surface area (Å²) in [6.07, 6.45) is -3.56. The van der Waals surface area contributed by atoms with Crippen molar-refractivity contribution in [3.05, 3.63) is 34.9 Å². The molecule has 0 aliphatic carbocycles. The van der Waals surface area contributed by atoms with Gasteiger partial charge < -0.3 is 14.2 Å². The Bertz CT molecular complexity index is 613. The van der Waals surface area contributed by atoms with Gasteiger partial charge in [-0.15, -0.1) is 0 Å². The second kappa shape index (κ2) is 12.1. The average molecular weight is 458 g/mol. The maximum atomic E-state index is 13.2. The molecule has 1 rings (SSSR count). The SMILES string of the molecule is CCCCCCCCC(Cc1cc(C(F)(F)F)cc(C(F)(F)F)c1)C(OC)(OC)OC. The van der Waals surface area contributed by atoms with E-state index in [-0.39, 0.29) is 18.1 Å². The predicted molar refractivity (Wildman–Crippen MR) is 105 cm³/mol. The van der Waals surface area contributed by atoms with E-state index in [0.29, 0.717) is 6.42 Å². The van der Waals surface area contributed by atoms with Gasteiger partial charge in [0, 0.05) is 27.2 Å². The Morgan fingerprint density at radius 1 is 0.710 bits per heavy atom. The summed E-state index contributed by atoms with van der Waals surface area (Å²) in [5, 5.41) is 0. The molecule has 0 saturated heterocycles. The molecule has 0 aliphatic rings. The number of halogens is 6. The summed E-state index contributed by atoms with van der Waals surface area (Å²) >= 11 is 0. The van der Waals surface area contributed by atoms with Crippen LogP contribution in [0.3, 0.4) is 0 Å². The van der Waals surface area contributed by atoms with Gasteiger partial charge in [0.25, 0.3) is 5.97 Å². The smallest absolute Gasteiger partial charge is 0.331 e. The van der Waals surface area contributed by atoms with Crippen molar-refractivity contribution in [2.45, 2.75) is 76.6 Å². The van der Waals surface area contributed by atoms with Crippen LogP contribution in [0.1, 0.15) is 68.6 Å². The Balaban J connectivity index is 3.19. The summed E-state index contributed by atoms with van der Waals surface area (Å²) < 4.78 is 95.4. The maximum Gasteiger partial charge on any atom is 0.416 e. The van der Waals surface area contributed by atoms with Gasteiger partial charge in [-0.25, -0.2) is 0 Å². The van der Waals surface area contributed by atoms with Gasteiger partial charge in [0.1, 0.15) is 0 Å². The summed E-state index contributed by atoms with van der Waals surface area (Å²) in [5.41, 5.74) is -2.78. The molecule has 9 heteroatoms. The molecule has 0 N–H and O–H groups in total. The Labute approximate surface area is 180 Å². The molecule has 1 aromatic carbocycles. The fraction of sp³-hybridized carbons (Fsp3) is 0.727. The maximum absolute atomic E-state index is 13.2. The van der Waals surface area contributed by atoms with E-state index < -0.39 is 35.4 Å². The number of unbranched alkanes of at least 4 members (excludes halogenated alkanes) is 5. The third-order valence-corrected chi connectivity index (χ3v) is 5.39. The van der Waals surface area contributed by atoms with Crippen LogP contribution in [0.25, 0.3) is 0 Å². The molecular formula is C22H32F6O3. The number of alkyl halides is 6. The normalized spacial score (nSPS) is 14.1. The zero-order valence-electron chi connectivity index (χ0n) is 18.5. The van der Waals surface area contributed by atoms with E-state index >= 15 is 0 Å². The summed E-state index contributed by atoms with van der Waals surface area (Å²) in [5.74, 6) is -2.18. The summed E-state index contributed by atoms with van der Waals surface area (Å²) in [4.78, 5) is 0. The van der Waals surface area contributed by atoms with Crippen LogP contribution in [0.2, 0.25) is 0 Å². The lowest BCUT2D eigenvalue weighted by Gasteiger charge is -2.36. The average Bonchev–Trinajstić information content (AvgIpc) is 2.70. The van der Waals surface area contributed by atoms with Crippen molar-refractivity contribution in [1.82, 2.24) is 0 Å². The van der Waals surface area contributed by atoms with Crippen molar-refractivity contribution in [2.24, 2.45) is 5.92 Å². The van der Waals surface area contributed by atoms with Crippen molar-refractivity contribution < 1.29 is 40.6 Å². The fourth-order valence-electron chi connectivity index (χ4n) is 3.75. The molecule has 1 atom stereocenters. The van der Waals surface area contributed by atoms with Crippen molar-refractivity contribution in [3.8, 4) is 0 Å². The number of ether oxygens (including phenoxy) is 3. The van der Waals surface area contributed by atoms with Crippen LogP contribution >= 0.6 is 0 Å². The highest BCUT2D eigenvalue weighted by molar-refractivity contribution is 5.34. The monoisotopic (exact) mass is 458 g/mol. The largest absolute Gasteiger partial charge is 0.416 e. The van der Waals surface area contributed by atoms with Crippen LogP contribution in [0.5, 0.6) is 0 Å². The van der Waals surface area contributed by atoms with E-state index in [9.17, 15) is 26.3 Å². The first-order valence-electron chi connectivity index (χ1n) is 10.4. The first-order valence-corrected chi connectivity index (χ1v) is 10.4. The van der Waals surface area contributed by atoms with Crippen LogP contribution in [0.15, 0.2) is 18.2 Å². The zero-order valence-corrected chi connectivity index (χ0v) is 18.5. The Morgan fingerprint density at radius 2 is 1.16 bits per heavy atom.